The highest BCUT2D eigenvalue weighted by atomic mass is 32.1. The lowest BCUT2D eigenvalue weighted by atomic mass is 9.97. The lowest BCUT2D eigenvalue weighted by Crippen LogP contribution is -1.82. The van der Waals surface area contributed by atoms with Gasteiger partial charge in [-0.2, -0.15) is 0 Å². The SMILES string of the molecule is c1ccc2cc3c(cc2c1)Cc1cc2c(ccc4sc5ccccc5c42)cc1-3. The molecule has 6 aromatic rings. The first-order valence-corrected chi connectivity index (χ1v) is 10.6. The second-order valence-corrected chi connectivity index (χ2v) is 8.88. The summed E-state index contributed by atoms with van der Waals surface area (Å²) in [5.74, 6) is 0. The average molecular weight is 372 g/mol. The van der Waals surface area contributed by atoms with Crippen LogP contribution in [0.25, 0.3) is 52.8 Å². The van der Waals surface area contributed by atoms with Crippen molar-refractivity contribution in [3.8, 4) is 11.1 Å². The Morgan fingerprint density at radius 1 is 0.536 bits per heavy atom. The summed E-state index contributed by atoms with van der Waals surface area (Å²) in [5.41, 5.74) is 5.73. The maximum atomic E-state index is 2.46. The van der Waals surface area contributed by atoms with Gasteiger partial charge >= 0.3 is 0 Å². The molecule has 1 heteroatoms. The summed E-state index contributed by atoms with van der Waals surface area (Å²) in [5, 5.41) is 8.21. The molecule has 0 aliphatic heterocycles. The van der Waals surface area contributed by atoms with Crippen LogP contribution in [0.3, 0.4) is 0 Å². The molecule has 1 aliphatic carbocycles. The summed E-state index contributed by atoms with van der Waals surface area (Å²) in [7, 11) is 0. The van der Waals surface area contributed by atoms with Crippen molar-refractivity contribution in [3.05, 3.63) is 96.1 Å². The summed E-state index contributed by atoms with van der Waals surface area (Å²) in [6, 6.07) is 31.7. The van der Waals surface area contributed by atoms with Gasteiger partial charge in [0, 0.05) is 20.2 Å². The van der Waals surface area contributed by atoms with Crippen LogP contribution in [0.5, 0.6) is 0 Å². The van der Waals surface area contributed by atoms with Crippen LogP contribution in [0.1, 0.15) is 11.1 Å². The zero-order chi connectivity index (χ0) is 18.2. The molecule has 1 heterocycles. The number of hydrogen-bond donors (Lipinski definition) is 0. The smallest absolute Gasteiger partial charge is 0.0361 e. The summed E-state index contributed by atoms with van der Waals surface area (Å²) < 4.78 is 2.76. The topological polar surface area (TPSA) is 0 Å². The molecule has 0 spiro atoms. The van der Waals surface area contributed by atoms with E-state index in [4.69, 9.17) is 0 Å². The Morgan fingerprint density at radius 3 is 2.14 bits per heavy atom. The first-order chi connectivity index (χ1) is 13.8. The highest BCUT2D eigenvalue weighted by molar-refractivity contribution is 7.26. The molecule has 0 unspecified atom stereocenters. The molecule has 0 saturated heterocycles. The number of thiophene rings is 1. The molecule has 28 heavy (non-hydrogen) atoms. The highest BCUT2D eigenvalue weighted by Gasteiger charge is 2.21. The van der Waals surface area contributed by atoms with E-state index in [2.05, 4.69) is 84.9 Å². The number of rotatable bonds is 0. The minimum Gasteiger partial charge on any atom is -0.135 e. The van der Waals surface area contributed by atoms with E-state index < -0.39 is 0 Å². The van der Waals surface area contributed by atoms with Crippen LogP contribution in [0, 0.1) is 0 Å². The molecule has 1 aliphatic rings. The maximum absolute atomic E-state index is 2.46. The zero-order valence-corrected chi connectivity index (χ0v) is 16.0. The van der Waals surface area contributed by atoms with Gasteiger partial charge in [-0.15, -0.1) is 11.3 Å². The minimum atomic E-state index is 1.03. The Balaban J connectivity index is 1.57. The van der Waals surface area contributed by atoms with Gasteiger partial charge in [-0.1, -0.05) is 54.6 Å². The third-order valence-corrected chi connectivity index (χ3v) is 7.36. The van der Waals surface area contributed by atoms with Crippen LogP contribution >= 0.6 is 11.3 Å². The zero-order valence-electron chi connectivity index (χ0n) is 15.2. The fraction of sp³-hybridized carbons (Fsp3) is 0.0370. The van der Waals surface area contributed by atoms with Gasteiger partial charge in [-0.05, 0) is 80.6 Å². The quantitative estimate of drug-likeness (QED) is 0.253. The van der Waals surface area contributed by atoms with Crippen molar-refractivity contribution in [2.75, 3.05) is 0 Å². The highest BCUT2D eigenvalue weighted by Crippen LogP contribution is 2.44. The summed E-state index contributed by atoms with van der Waals surface area (Å²) >= 11 is 1.90. The largest absolute Gasteiger partial charge is 0.135 e. The van der Waals surface area contributed by atoms with Crippen molar-refractivity contribution in [1.29, 1.82) is 0 Å². The molecule has 7 rings (SSSR count). The van der Waals surface area contributed by atoms with E-state index in [9.17, 15) is 0 Å². The Hall–Kier alpha value is -3.16. The lowest BCUT2D eigenvalue weighted by Gasteiger charge is -2.07. The van der Waals surface area contributed by atoms with Gasteiger partial charge in [0.1, 0.15) is 0 Å². The van der Waals surface area contributed by atoms with Crippen molar-refractivity contribution in [2.45, 2.75) is 6.42 Å². The number of fused-ring (bicyclic) bond motifs is 9. The lowest BCUT2D eigenvalue weighted by molar-refractivity contribution is 1.28. The molecule has 0 atom stereocenters. The normalized spacial score (nSPS) is 12.9. The fourth-order valence-corrected chi connectivity index (χ4v) is 6.05. The second-order valence-electron chi connectivity index (χ2n) is 7.80. The molecule has 0 nitrogen and oxygen atoms in total. The van der Waals surface area contributed by atoms with Crippen molar-refractivity contribution in [3.63, 3.8) is 0 Å². The van der Waals surface area contributed by atoms with Gasteiger partial charge in [0.25, 0.3) is 0 Å². The van der Waals surface area contributed by atoms with Gasteiger partial charge in [-0.3, -0.25) is 0 Å². The summed E-state index contributed by atoms with van der Waals surface area (Å²) in [6.07, 6.45) is 1.03. The van der Waals surface area contributed by atoms with E-state index in [0.29, 0.717) is 0 Å². The second kappa shape index (κ2) is 5.21. The Bertz CT molecular complexity index is 1580. The fourth-order valence-electron chi connectivity index (χ4n) is 4.93. The number of benzene rings is 5. The predicted molar refractivity (Wildman–Crippen MR) is 123 cm³/mol. The molecule has 0 fully saturated rings. The first kappa shape index (κ1) is 14.8. The molecule has 0 amide bonds. The molecule has 0 radical (unpaired) electrons. The Kier molecular flexibility index (Phi) is 2.76. The van der Waals surface area contributed by atoms with Crippen molar-refractivity contribution < 1.29 is 0 Å². The van der Waals surface area contributed by atoms with Crippen molar-refractivity contribution in [1.82, 2.24) is 0 Å². The third-order valence-electron chi connectivity index (χ3n) is 6.22. The van der Waals surface area contributed by atoms with E-state index in [0.717, 1.165) is 6.42 Å². The average Bonchev–Trinajstić information content (AvgIpc) is 3.28. The van der Waals surface area contributed by atoms with E-state index in [-0.39, 0.29) is 0 Å². The van der Waals surface area contributed by atoms with Crippen LogP contribution in [0.4, 0.5) is 0 Å². The molecule has 130 valence electrons. The van der Waals surface area contributed by atoms with Gasteiger partial charge in [0.15, 0.2) is 0 Å². The van der Waals surface area contributed by atoms with Crippen molar-refractivity contribution in [2.24, 2.45) is 0 Å². The Labute approximate surface area is 166 Å². The monoisotopic (exact) mass is 372 g/mol. The van der Waals surface area contributed by atoms with E-state index >= 15 is 0 Å². The van der Waals surface area contributed by atoms with Crippen LogP contribution in [-0.4, -0.2) is 0 Å². The van der Waals surface area contributed by atoms with Gasteiger partial charge in [0.05, 0.1) is 0 Å². The number of hydrogen-bond acceptors (Lipinski definition) is 1. The minimum absolute atomic E-state index is 1.03. The van der Waals surface area contributed by atoms with E-state index in [1.54, 1.807) is 0 Å². The molecule has 0 bridgehead atoms. The molecular formula is C27H16S. The maximum Gasteiger partial charge on any atom is 0.0361 e. The molecule has 5 aromatic carbocycles. The van der Waals surface area contributed by atoms with Crippen LogP contribution in [-0.2, 0) is 6.42 Å². The van der Waals surface area contributed by atoms with Crippen LogP contribution < -0.4 is 0 Å². The van der Waals surface area contributed by atoms with Gasteiger partial charge in [-0.25, -0.2) is 0 Å². The van der Waals surface area contributed by atoms with Gasteiger partial charge in [0.2, 0.25) is 0 Å². The predicted octanol–water partition coefficient (Wildman–Crippen LogP) is 7.93. The molecule has 1 aromatic heterocycles. The van der Waals surface area contributed by atoms with Gasteiger partial charge < -0.3 is 0 Å². The van der Waals surface area contributed by atoms with E-state index in [1.165, 1.54) is 64.0 Å². The van der Waals surface area contributed by atoms with Crippen LogP contribution in [0.2, 0.25) is 0 Å². The standard InChI is InChI=1S/C27H16S/c1-2-6-17-13-22-19(11-16(17)5-1)12-20-15-24-18(14-23(20)22)9-10-26-27(24)21-7-3-4-8-25(21)28-26/h1-11,13-15H,12H2. The summed E-state index contributed by atoms with van der Waals surface area (Å²) in [6.45, 7) is 0. The Morgan fingerprint density at radius 2 is 1.25 bits per heavy atom. The third kappa shape index (κ3) is 1.89. The van der Waals surface area contributed by atoms with Crippen LogP contribution in [0.15, 0.2) is 84.9 Å². The van der Waals surface area contributed by atoms with E-state index in [1.807, 2.05) is 11.3 Å². The first-order valence-electron chi connectivity index (χ1n) is 9.74. The summed E-state index contributed by atoms with van der Waals surface area (Å²) in [4.78, 5) is 0. The van der Waals surface area contributed by atoms with Crippen molar-refractivity contribution >= 4 is 53.1 Å². The molecular weight excluding hydrogens is 356 g/mol. The molecule has 0 saturated carbocycles. The molecule has 0 N–H and O–H groups in total.